The molecule has 1 heterocycles. The van der Waals surface area contributed by atoms with Crippen LogP contribution in [0.4, 0.5) is 20.5 Å². The van der Waals surface area contributed by atoms with Gasteiger partial charge in [0.15, 0.2) is 0 Å². The van der Waals surface area contributed by atoms with Gasteiger partial charge < -0.3 is 11.1 Å². The SMILES string of the molecule is CNc1cc(C2CC(c3c(F)ccc(S(N)(=O)=O)c3F)C2)nc(N)n1. The molecule has 25 heavy (non-hydrogen) atoms. The summed E-state index contributed by atoms with van der Waals surface area (Å²) in [6.07, 6.45) is 0.836. The lowest BCUT2D eigenvalue weighted by Gasteiger charge is -2.36. The molecule has 134 valence electrons. The Morgan fingerprint density at radius 1 is 1.20 bits per heavy atom. The summed E-state index contributed by atoms with van der Waals surface area (Å²) in [7, 11) is -2.56. The van der Waals surface area contributed by atoms with Crippen LogP contribution in [0.15, 0.2) is 23.1 Å². The van der Waals surface area contributed by atoms with Crippen molar-refractivity contribution >= 4 is 21.8 Å². The van der Waals surface area contributed by atoms with Gasteiger partial charge in [-0.2, -0.15) is 4.98 Å². The number of primary sulfonamides is 1. The van der Waals surface area contributed by atoms with Crippen molar-refractivity contribution in [2.45, 2.75) is 29.6 Å². The molecule has 10 heteroatoms. The number of sulfonamides is 1. The number of nitrogens with zero attached hydrogens (tertiary/aromatic N) is 2. The number of halogens is 2. The van der Waals surface area contributed by atoms with Gasteiger partial charge in [0.2, 0.25) is 16.0 Å². The first-order valence-electron chi connectivity index (χ1n) is 7.53. The summed E-state index contributed by atoms with van der Waals surface area (Å²) in [5.41, 5.74) is 6.08. The first kappa shape index (κ1) is 17.5. The maximum Gasteiger partial charge on any atom is 0.240 e. The number of hydrogen-bond acceptors (Lipinski definition) is 6. The van der Waals surface area contributed by atoms with Gasteiger partial charge in [-0.3, -0.25) is 0 Å². The second-order valence-corrected chi connectivity index (χ2v) is 7.50. The van der Waals surface area contributed by atoms with Crippen LogP contribution in [0, 0.1) is 11.6 Å². The molecule has 5 N–H and O–H groups in total. The molecule has 1 aliphatic carbocycles. The van der Waals surface area contributed by atoms with Gasteiger partial charge in [-0.1, -0.05) is 0 Å². The Hall–Kier alpha value is -2.33. The van der Waals surface area contributed by atoms with Crippen molar-refractivity contribution in [3.8, 4) is 0 Å². The Labute approximate surface area is 143 Å². The molecule has 3 rings (SSSR count). The van der Waals surface area contributed by atoms with Gasteiger partial charge in [-0.15, -0.1) is 0 Å². The second-order valence-electron chi connectivity index (χ2n) is 5.97. The summed E-state index contributed by atoms with van der Waals surface area (Å²) >= 11 is 0. The van der Waals surface area contributed by atoms with Gasteiger partial charge in [0, 0.05) is 24.6 Å². The molecule has 0 saturated heterocycles. The maximum atomic E-state index is 14.5. The molecule has 0 bridgehead atoms. The fraction of sp³-hybridized carbons (Fsp3) is 0.333. The zero-order chi connectivity index (χ0) is 18.4. The van der Waals surface area contributed by atoms with Crippen LogP contribution < -0.4 is 16.2 Å². The molecule has 0 amide bonds. The van der Waals surface area contributed by atoms with Crippen LogP contribution in [-0.4, -0.2) is 25.4 Å². The van der Waals surface area contributed by atoms with E-state index in [1.54, 1.807) is 13.1 Å². The number of hydrogen-bond donors (Lipinski definition) is 3. The zero-order valence-electron chi connectivity index (χ0n) is 13.3. The Balaban J connectivity index is 1.87. The van der Waals surface area contributed by atoms with Gasteiger partial charge in [0.1, 0.15) is 22.3 Å². The monoisotopic (exact) mass is 369 g/mol. The normalized spacial score (nSPS) is 20.2. The summed E-state index contributed by atoms with van der Waals surface area (Å²) in [6.45, 7) is 0. The predicted molar refractivity (Wildman–Crippen MR) is 88.4 cm³/mol. The van der Waals surface area contributed by atoms with Crippen LogP contribution in [-0.2, 0) is 10.0 Å². The Morgan fingerprint density at radius 2 is 1.88 bits per heavy atom. The quantitative estimate of drug-likeness (QED) is 0.753. The minimum absolute atomic E-state index is 0.0423. The summed E-state index contributed by atoms with van der Waals surface area (Å²) in [5, 5.41) is 7.84. The Kier molecular flexibility index (Phi) is 4.33. The topological polar surface area (TPSA) is 124 Å². The average molecular weight is 369 g/mol. The molecule has 2 aromatic rings. The lowest BCUT2D eigenvalue weighted by Crippen LogP contribution is -2.25. The van der Waals surface area contributed by atoms with E-state index in [1.807, 2.05) is 0 Å². The van der Waals surface area contributed by atoms with Crippen LogP contribution in [0.1, 0.15) is 35.9 Å². The number of benzene rings is 1. The smallest absolute Gasteiger partial charge is 0.240 e. The summed E-state index contributed by atoms with van der Waals surface area (Å²) in [5.74, 6) is -1.74. The van der Waals surface area contributed by atoms with E-state index in [0.29, 0.717) is 24.4 Å². The largest absolute Gasteiger partial charge is 0.373 e. The van der Waals surface area contributed by atoms with E-state index in [0.717, 1.165) is 12.1 Å². The van der Waals surface area contributed by atoms with Crippen LogP contribution in [0.2, 0.25) is 0 Å². The van der Waals surface area contributed by atoms with E-state index in [1.165, 1.54) is 0 Å². The predicted octanol–water partition coefficient (Wildman–Crippen LogP) is 1.69. The molecular weight excluding hydrogens is 352 g/mol. The molecule has 0 radical (unpaired) electrons. The molecule has 0 unspecified atom stereocenters. The molecule has 0 aliphatic heterocycles. The van der Waals surface area contributed by atoms with Crippen molar-refractivity contribution in [2.75, 3.05) is 18.1 Å². The van der Waals surface area contributed by atoms with Crippen molar-refractivity contribution in [3.63, 3.8) is 0 Å². The van der Waals surface area contributed by atoms with Crippen molar-refractivity contribution in [2.24, 2.45) is 5.14 Å². The zero-order valence-corrected chi connectivity index (χ0v) is 14.1. The highest BCUT2D eigenvalue weighted by Crippen LogP contribution is 2.49. The van der Waals surface area contributed by atoms with Crippen molar-refractivity contribution < 1.29 is 17.2 Å². The third-order valence-electron chi connectivity index (χ3n) is 4.38. The number of rotatable bonds is 4. The number of nitrogen functional groups attached to an aromatic ring is 1. The minimum atomic E-state index is -4.26. The average Bonchev–Trinajstić information content (AvgIpc) is 2.47. The van der Waals surface area contributed by atoms with Crippen LogP contribution >= 0.6 is 0 Å². The van der Waals surface area contributed by atoms with E-state index >= 15 is 0 Å². The van der Waals surface area contributed by atoms with Gasteiger partial charge in [0.05, 0.1) is 5.69 Å². The Morgan fingerprint density at radius 3 is 2.48 bits per heavy atom. The number of nitrogens with two attached hydrogens (primary N) is 2. The number of nitrogens with one attached hydrogen (secondary N) is 1. The van der Waals surface area contributed by atoms with Gasteiger partial charge in [0.25, 0.3) is 0 Å². The fourth-order valence-electron chi connectivity index (χ4n) is 3.06. The summed E-state index contributed by atoms with van der Waals surface area (Å²) in [4.78, 5) is 7.45. The minimum Gasteiger partial charge on any atom is -0.373 e. The lowest BCUT2D eigenvalue weighted by molar-refractivity contribution is 0.323. The molecule has 1 aromatic carbocycles. The summed E-state index contributed by atoms with van der Waals surface area (Å²) in [6, 6.07) is 3.49. The first-order valence-corrected chi connectivity index (χ1v) is 9.08. The van der Waals surface area contributed by atoms with E-state index in [9.17, 15) is 17.2 Å². The highest BCUT2D eigenvalue weighted by Gasteiger charge is 2.37. The molecule has 0 atom stereocenters. The Bertz CT molecular complexity index is 930. The highest BCUT2D eigenvalue weighted by atomic mass is 32.2. The molecule has 1 fully saturated rings. The third kappa shape index (κ3) is 3.27. The van der Waals surface area contributed by atoms with Crippen molar-refractivity contribution in [1.82, 2.24) is 9.97 Å². The van der Waals surface area contributed by atoms with Crippen LogP contribution in [0.5, 0.6) is 0 Å². The number of aromatic nitrogens is 2. The molecule has 1 saturated carbocycles. The van der Waals surface area contributed by atoms with E-state index in [2.05, 4.69) is 15.3 Å². The third-order valence-corrected chi connectivity index (χ3v) is 5.31. The van der Waals surface area contributed by atoms with E-state index < -0.39 is 32.5 Å². The molecule has 1 aromatic heterocycles. The van der Waals surface area contributed by atoms with Crippen molar-refractivity contribution in [3.05, 3.63) is 41.1 Å². The van der Waals surface area contributed by atoms with E-state index in [4.69, 9.17) is 10.9 Å². The molecule has 0 spiro atoms. The number of anilines is 2. The highest BCUT2D eigenvalue weighted by molar-refractivity contribution is 7.89. The van der Waals surface area contributed by atoms with Crippen molar-refractivity contribution in [1.29, 1.82) is 0 Å². The molecule has 7 nitrogen and oxygen atoms in total. The van der Waals surface area contributed by atoms with E-state index in [-0.39, 0.29) is 17.4 Å². The fourth-order valence-corrected chi connectivity index (χ4v) is 3.68. The van der Waals surface area contributed by atoms with Crippen LogP contribution in [0.3, 0.4) is 0 Å². The summed E-state index contributed by atoms with van der Waals surface area (Å²) < 4.78 is 51.4. The van der Waals surface area contributed by atoms with Gasteiger partial charge in [-0.05, 0) is 30.9 Å². The first-order chi connectivity index (χ1) is 11.7. The maximum absolute atomic E-state index is 14.5. The van der Waals surface area contributed by atoms with Gasteiger partial charge >= 0.3 is 0 Å². The molecule has 1 aliphatic rings. The second kappa shape index (κ2) is 6.19. The molecular formula is C15H17F2N5O2S. The standard InChI is InChI=1S/C15H17F2N5O2S/c1-20-12-6-10(21-15(18)22-12)7-4-8(5-7)13-9(16)2-3-11(14(13)17)25(19,23)24/h2-3,6-8H,4-5H2,1H3,(H2,19,23,24)(H3,18,20,21,22). The van der Waals surface area contributed by atoms with Gasteiger partial charge in [-0.25, -0.2) is 27.3 Å². The lowest BCUT2D eigenvalue weighted by atomic mass is 9.69. The van der Waals surface area contributed by atoms with Crippen LogP contribution in [0.25, 0.3) is 0 Å².